The fourth-order valence-corrected chi connectivity index (χ4v) is 5.29. The molecule has 1 atom stereocenters. The molecule has 1 aliphatic rings. The summed E-state index contributed by atoms with van der Waals surface area (Å²) in [6.07, 6.45) is 5.19. The smallest absolute Gasteiger partial charge is 0.247 e. The van der Waals surface area contributed by atoms with Gasteiger partial charge < -0.3 is 15.0 Å². The molecular weight excluding hydrogens is 444 g/mol. The molecule has 4 rings (SSSR count). The van der Waals surface area contributed by atoms with Crippen molar-refractivity contribution in [2.24, 2.45) is 0 Å². The van der Waals surface area contributed by atoms with Gasteiger partial charge in [-0.3, -0.25) is 9.59 Å². The summed E-state index contributed by atoms with van der Waals surface area (Å²) in [5, 5.41) is 5.21. The fraction of sp³-hybridized carbons (Fsp3) is 0.357. The molecule has 3 aromatic rings. The third kappa shape index (κ3) is 6.26. The first-order valence-corrected chi connectivity index (χ1v) is 12.8. The quantitative estimate of drug-likeness (QED) is 0.439. The number of methoxy groups -OCH3 is 1. The number of nitrogens with zero attached hydrogens (tertiary/aromatic N) is 1. The molecule has 1 saturated carbocycles. The lowest BCUT2D eigenvalue weighted by Gasteiger charge is -2.32. The molecule has 2 amide bonds. The van der Waals surface area contributed by atoms with Crippen molar-refractivity contribution in [2.45, 2.75) is 50.6 Å². The van der Waals surface area contributed by atoms with Gasteiger partial charge in [-0.15, -0.1) is 11.3 Å². The minimum Gasteiger partial charge on any atom is -0.497 e. The Labute approximate surface area is 205 Å². The summed E-state index contributed by atoms with van der Waals surface area (Å²) >= 11 is 1.56. The largest absolute Gasteiger partial charge is 0.497 e. The van der Waals surface area contributed by atoms with Crippen molar-refractivity contribution in [2.75, 3.05) is 13.7 Å². The maximum Gasteiger partial charge on any atom is 0.247 e. The lowest BCUT2D eigenvalue weighted by Crippen LogP contribution is -2.47. The molecule has 1 heterocycles. The van der Waals surface area contributed by atoms with Gasteiger partial charge in [0.2, 0.25) is 11.8 Å². The van der Waals surface area contributed by atoms with E-state index in [-0.39, 0.29) is 24.3 Å². The summed E-state index contributed by atoms with van der Waals surface area (Å²) in [5.41, 5.74) is 1.90. The molecule has 1 fully saturated rings. The number of hydrogen-bond donors (Lipinski definition) is 1. The predicted octanol–water partition coefficient (Wildman–Crippen LogP) is 5.17. The average Bonchev–Trinajstić information content (AvgIpc) is 3.56. The van der Waals surface area contributed by atoms with E-state index >= 15 is 0 Å². The van der Waals surface area contributed by atoms with Crippen LogP contribution in [0.2, 0.25) is 0 Å². The molecule has 0 radical (unpaired) electrons. The van der Waals surface area contributed by atoms with Crippen molar-refractivity contribution in [3.05, 3.63) is 88.1 Å². The fourth-order valence-electron chi connectivity index (χ4n) is 4.59. The predicted molar refractivity (Wildman–Crippen MR) is 136 cm³/mol. The van der Waals surface area contributed by atoms with E-state index in [1.54, 1.807) is 23.3 Å². The summed E-state index contributed by atoms with van der Waals surface area (Å²) in [4.78, 5) is 30.1. The van der Waals surface area contributed by atoms with Gasteiger partial charge in [-0.05, 0) is 54.0 Å². The Kier molecular flexibility index (Phi) is 8.36. The topological polar surface area (TPSA) is 58.6 Å². The summed E-state index contributed by atoms with van der Waals surface area (Å²) in [5.74, 6) is 0.505. The highest BCUT2D eigenvalue weighted by Crippen LogP contribution is 2.28. The maximum atomic E-state index is 13.7. The molecule has 0 spiro atoms. The van der Waals surface area contributed by atoms with Crippen LogP contribution in [-0.4, -0.2) is 36.4 Å². The SMILES string of the molecule is COc1cccc(C(C(=O)NC2CCCC2)N(CCc2ccccc2)C(=O)Cc2cccs2)c1. The highest BCUT2D eigenvalue weighted by atomic mass is 32.1. The van der Waals surface area contributed by atoms with Gasteiger partial charge in [0.25, 0.3) is 0 Å². The average molecular weight is 477 g/mol. The third-order valence-electron chi connectivity index (χ3n) is 6.38. The van der Waals surface area contributed by atoms with Gasteiger partial charge >= 0.3 is 0 Å². The Bertz CT molecular complexity index is 1060. The van der Waals surface area contributed by atoms with E-state index in [1.165, 1.54) is 0 Å². The normalized spacial score (nSPS) is 14.5. The van der Waals surface area contributed by atoms with E-state index < -0.39 is 6.04 Å². The van der Waals surface area contributed by atoms with Gasteiger partial charge in [0.1, 0.15) is 11.8 Å². The van der Waals surface area contributed by atoms with Gasteiger partial charge in [0.15, 0.2) is 0 Å². The number of amides is 2. The first kappa shape index (κ1) is 24.0. The molecule has 5 nitrogen and oxygen atoms in total. The van der Waals surface area contributed by atoms with E-state index in [0.29, 0.717) is 18.7 Å². The third-order valence-corrected chi connectivity index (χ3v) is 7.26. The molecule has 1 aliphatic carbocycles. The van der Waals surface area contributed by atoms with Crippen LogP contribution < -0.4 is 10.1 Å². The van der Waals surface area contributed by atoms with Crippen LogP contribution in [0.1, 0.15) is 47.7 Å². The lowest BCUT2D eigenvalue weighted by molar-refractivity contribution is -0.140. The van der Waals surface area contributed by atoms with E-state index in [0.717, 1.165) is 41.7 Å². The number of ether oxygens (including phenoxy) is 1. The Morgan fingerprint density at radius 1 is 1.06 bits per heavy atom. The van der Waals surface area contributed by atoms with Crippen LogP contribution in [0.15, 0.2) is 72.1 Å². The number of nitrogens with one attached hydrogen (secondary N) is 1. The molecule has 0 saturated heterocycles. The molecule has 2 aromatic carbocycles. The Hall–Kier alpha value is -3.12. The van der Waals surface area contributed by atoms with Crippen LogP contribution in [-0.2, 0) is 22.4 Å². The first-order chi connectivity index (χ1) is 16.6. The van der Waals surface area contributed by atoms with Gasteiger partial charge in [-0.1, -0.05) is 61.4 Å². The molecular formula is C28H32N2O3S. The van der Waals surface area contributed by atoms with Crippen molar-refractivity contribution in [3.8, 4) is 5.75 Å². The molecule has 1 N–H and O–H groups in total. The lowest BCUT2D eigenvalue weighted by atomic mass is 10.0. The molecule has 0 aliphatic heterocycles. The van der Waals surface area contributed by atoms with Crippen molar-refractivity contribution >= 4 is 23.2 Å². The van der Waals surface area contributed by atoms with Crippen LogP contribution in [0.25, 0.3) is 0 Å². The van der Waals surface area contributed by atoms with Crippen molar-refractivity contribution in [3.63, 3.8) is 0 Å². The van der Waals surface area contributed by atoms with Crippen LogP contribution in [0.4, 0.5) is 0 Å². The first-order valence-electron chi connectivity index (χ1n) is 11.9. The van der Waals surface area contributed by atoms with Crippen LogP contribution in [0, 0.1) is 0 Å². The maximum absolute atomic E-state index is 13.7. The molecule has 178 valence electrons. The number of carbonyl (C=O) groups excluding carboxylic acids is 2. The Morgan fingerprint density at radius 3 is 2.56 bits per heavy atom. The van der Waals surface area contributed by atoms with Crippen molar-refractivity contribution < 1.29 is 14.3 Å². The van der Waals surface area contributed by atoms with Crippen LogP contribution in [0.5, 0.6) is 5.75 Å². The summed E-state index contributed by atoms with van der Waals surface area (Å²) in [6, 6.07) is 21.0. The van der Waals surface area contributed by atoms with Gasteiger partial charge in [-0.2, -0.15) is 0 Å². The van der Waals surface area contributed by atoms with E-state index in [9.17, 15) is 9.59 Å². The second kappa shape index (κ2) is 11.8. The van der Waals surface area contributed by atoms with Gasteiger partial charge in [-0.25, -0.2) is 0 Å². The monoisotopic (exact) mass is 476 g/mol. The second-order valence-corrected chi connectivity index (χ2v) is 9.78. The standard InChI is InChI=1S/C28H32N2O3S/c1-33-24-14-7-11-22(19-24)27(28(32)29-23-12-5-6-13-23)30(17-16-21-9-3-2-4-10-21)26(31)20-25-15-8-18-34-25/h2-4,7-11,14-15,18-19,23,27H,5-6,12-13,16-17,20H2,1H3,(H,29,32). The second-order valence-electron chi connectivity index (χ2n) is 8.75. The minimum atomic E-state index is -0.716. The summed E-state index contributed by atoms with van der Waals surface area (Å²) < 4.78 is 5.44. The van der Waals surface area contributed by atoms with Gasteiger partial charge in [0, 0.05) is 17.5 Å². The number of hydrogen-bond acceptors (Lipinski definition) is 4. The number of carbonyl (C=O) groups is 2. The Morgan fingerprint density at radius 2 is 1.85 bits per heavy atom. The molecule has 1 unspecified atom stereocenters. The highest BCUT2D eigenvalue weighted by Gasteiger charge is 2.33. The van der Waals surface area contributed by atoms with E-state index in [2.05, 4.69) is 17.4 Å². The van der Waals surface area contributed by atoms with E-state index in [1.807, 2.05) is 60.0 Å². The highest BCUT2D eigenvalue weighted by molar-refractivity contribution is 7.10. The number of thiophene rings is 1. The molecule has 34 heavy (non-hydrogen) atoms. The molecule has 0 bridgehead atoms. The summed E-state index contributed by atoms with van der Waals surface area (Å²) in [6.45, 7) is 0.453. The van der Waals surface area contributed by atoms with Gasteiger partial charge in [0.05, 0.1) is 13.5 Å². The number of benzene rings is 2. The molecule has 1 aromatic heterocycles. The zero-order chi connectivity index (χ0) is 23.8. The Balaban J connectivity index is 1.66. The van der Waals surface area contributed by atoms with Crippen LogP contribution >= 0.6 is 11.3 Å². The molecule has 6 heteroatoms. The summed E-state index contributed by atoms with van der Waals surface area (Å²) in [7, 11) is 1.61. The van der Waals surface area contributed by atoms with Crippen molar-refractivity contribution in [1.29, 1.82) is 0 Å². The van der Waals surface area contributed by atoms with Crippen LogP contribution in [0.3, 0.4) is 0 Å². The zero-order valence-electron chi connectivity index (χ0n) is 19.6. The zero-order valence-corrected chi connectivity index (χ0v) is 20.4. The van der Waals surface area contributed by atoms with Crippen molar-refractivity contribution in [1.82, 2.24) is 10.2 Å². The van der Waals surface area contributed by atoms with E-state index in [4.69, 9.17) is 4.74 Å². The number of rotatable bonds is 10. The minimum absolute atomic E-state index is 0.0484.